The van der Waals surface area contributed by atoms with Crippen LogP contribution in [0, 0.1) is 0 Å². The van der Waals surface area contributed by atoms with Gasteiger partial charge in [0.1, 0.15) is 12.2 Å². The number of piperidine rings is 1. The highest BCUT2D eigenvalue weighted by atomic mass is 15.3. The Morgan fingerprint density at radius 2 is 2.12 bits per heavy atom. The second kappa shape index (κ2) is 4.67. The standard InChI is InChI=1S/C13H16N4/c1-2-6-12(7-3-1)17-13(15-10-16-17)11-5-4-8-14-9-11/h1-3,6-7,10-11,14H,4-5,8-9H2/t11-/m1/s1. The Morgan fingerprint density at radius 3 is 2.88 bits per heavy atom. The molecule has 1 aromatic carbocycles. The highest BCUT2D eigenvalue weighted by molar-refractivity contribution is 5.31. The highest BCUT2D eigenvalue weighted by Gasteiger charge is 2.20. The first kappa shape index (κ1) is 10.5. The third-order valence-electron chi connectivity index (χ3n) is 3.24. The van der Waals surface area contributed by atoms with E-state index in [0.29, 0.717) is 5.92 Å². The van der Waals surface area contributed by atoms with E-state index < -0.39 is 0 Å². The van der Waals surface area contributed by atoms with E-state index >= 15 is 0 Å². The molecule has 2 aromatic rings. The van der Waals surface area contributed by atoms with Crippen LogP contribution in [0.5, 0.6) is 0 Å². The van der Waals surface area contributed by atoms with E-state index in [-0.39, 0.29) is 0 Å². The molecule has 1 N–H and O–H groups in total. The van der Waals surface area contributed by atoms with E-state index in [4.69, 9.17) is 0 Å². The molecule has 17 heavy (non-hydrogen) atoms. The van der Waals surface area contributed by atoms with E-state index in [1.807, 2.05) is 22.9 Å². The molecule has 1 aliphatic rings. The van der Waals surface area contributed by atoms with E-state index in [9.17, 15) is 0 Å². The van der Waals surface area contributed by atoms with Crippen LogP contribution in [0.2, 0.25) is 0 Å². The number of para-hydroxylation sites is 1. The molecule has 1 atom stereocenters. The van der Waals surface area contributed by atoms with Crippen molar-refractivity contribution in [1.82, 2.24) is 20.1 Å². The van der Waals surface area contributed by atoms with Crippen molar-refractivity contribution in [3.05, 3.63) is 42.5 Å². The summed E-state index contributed by atoms with van der Waals surface area (Å²) in [4.78, 5) is 4.43. The second-order valence-corrected chi connectivity index (χ2v) is 4.41. The Hall–Kier alpha value is -1.68. The largest absolute Gasteiger partial charge is 0.316 e. The van der Waals surface area contributed by atoms with Crippen LogP contribution < -0.4 is 5.32 Å². The molecule has 1 fully saturated rings. The minimum atomic E-state index is 0.478. The van der Waals surface area contributed by atoms with Crippen molar-refractivity contribution in [1.29, 1.82) is 0 Å². The fraction of sp³-hybridized carbons (Fsp3) is 0.385. The van der Waals surface area contributed by atoms with Gasteiger partial charge in [-0.05, 0) is 31.5 Å². The maximum Gasteiger partial charge on any atom is 0.138 e. The van der Waals surface area contributed by atoms with Gasteiger partial charge in [-0.15, -0.1) is 0 Å². The average molecular weight is 228 g/mol. The normalized spacial score (nSPS) is 20.4. The number of benzene rings is 1. The first-order chi connectivity index (χ1) is 8.45. The first-order valence-electron chi connectivity index (χ1n) is 6.11. The van der Waals surface area contributed by atoms with Crippen LogP contribution in [0.4, 0.5) is 0 Å². The molecule has 0 radical (unpaired) electrons. The quantitative estimate of drug-likeness (QED) is 0.851. The Morgan fingerprint density at radius 1 is 1.24 bits per heavy atom. The van der Waals surface area contributed by atoms with Crippen molar-refractivity contribution in [3.63, 3.8) is 0 Å². The number of hydrogen-bond donors (Lipinski definition) is 1. The predicted molar refractivity (Wildman–Crippen MR) is 66.2 cm³/mol. The zero-order chi connectivity index (χ0) is 11.5. The Balaban J connectivity index is 1.93. The van der Waals surface area contributed by atoms with Crippen LogP contribution in [-0.2, 0) is 0 Å². The number of rotatable bonds is 2. The molecule has 88 valence electrons. The lowest BCUT2D eigenvalue weighted by Crippen LogP contribution is -2.30. The Bertz CT molecular complexity index is 471. The van der Waals surface area contributed by atoms with Crippen molar-refractivity contribution in [3.8, 4) is 5.69 Å². The van der Waals surface area contributed by atoms with Crippen LogP contribution in [0.25, 0.3) is 5.69 Å². The molecule has 0 saturated carbocycles. The highest BCUT2D eigenvalue weighted by Crippen LogP contribution is 2.22. The zero-order valence-electron chi connectivity index (χ0n) is 9.71. The summed E-state index contributed by atoms with van der Waals surface area (Å²) in [6.45, 7) is 2.13. The Labute approximate surface area is 101 Å². The van der Waals surface area contributed by atoms with Gasteiger partial charge in [0, 0.05) is 12.5 Å². The maximum absolute atomic E-state index is 4.43. The molecule has 0 spiro atoms. The maximum atomic E-state index is 4.43. The smallest absolute Gasteiger partial charge is 0.138 e. The summed E-state index contributed by atoms with van der Waals surface area (Å²) in [6, 6.07) is 10.2. The molecular weight excluding hydrogens is 212 g/mol. The summed E-state index contributed by atoms with van der Waals surface area (Å²) in [7, 11) is 0. The third kappa shape index (κ3) is 2.08. The summed E-state index contributed by atoms with van der Waals surface area (Å²) >= 11 is 0. The van der Waals surface area contributed by atoms with E-state index in [1.165, 1.54) is 12.8 Å². The van der Waals surface area contributed by atoms with E-state index in [0.717, 1.165) is 24.6 Å². The van der Waals surface area contributed by atoms with Gasteiger partial charge in [0.05, 0.1) is 5.69 Å². The first-order valence-corrected chi connectivity index (χ1v) is 6.11. The van der Waals surface area contributed by atoms with Gasteiger partial charge in [-0.2, -0.15) is 5.10 Å². The number of nitrogens with zero attached hydrogens (tertiary/aromatic N) is 3. The number of hydrogen-bond acceptors (Lipinski definition) is 3. The van der Waals surface area contributed by atoms with Crippen molar-refractivity contribution in [2.24, 2.45) is 0 Å². The lowest BCUT2D eigenvalue weighted by Gasteiger charge is -2.22. The molecule has 1 aliphatic heterocycles. The molecular formula is C13H16N4. The molecule has 2 heterocycles. The zero-order valence-corrected chi connectivity index (χ0v) is 9.71. The number of nitrogens with one attached hydrogen (secondary N) is 1. The monoisotopic (exact) mass is 228 g/mol. The molecule has 3 rings (SSSR count). The van der Waals surface area contributed by atoms with E-state index in [2.05, 4.69) is 27.5 Å². The molecule has 4 nitrogen and oxygen atoms in total. The molecule has 1 aromatic heterocycles. The fourth-order valence-electron chi connectivity index (χ4n) is 2.37. The Kier molecular flexibility index (Phi) is 2.88. The predicted octanol–water partition coefficient (Wildman–Crippen LogP) is 1.73. The van der Waals surface area contributed by atoms with Gasteiger partial charge in [0.25, 0.3) is 0 Å². The van der Waals surface area contributed by atoms with Gasteiger partial charge < -0.3 is 5.32 Å². The average Bonchev–Trinajstić information content (AvgIpc) is 2.90. The molecule has 1 saturated heterocycles. The summed E-state index contributed by atoms with van der Waals surface area (Å²) in [5.41, 5.74) is 1.09. The SMILES string of the molecule is c1ccc(-n2ncnc2[C@@H]2CCCNC2)cc1. The number of aromatic nitrogens is 3. The summed E-state index contributed by atoms with van der Waals surface area (Å²) < 4.78 is 1.96. The van der Waals surface area contributed by atoms with Crippen molar-refractivity contribution in [2.45, 2.75) is 18.8 Å². The molecule has 0 unspecified atom stereocenters. The van der Waals surface area contributed by atoms with Crippen molar-refractivity contribution < 1.29 is 0 Å². The van der Waals surface area contributed by atoms with Crippen LogP contribution >= 0.6 is 0 Å². The fourth-order valence-corrected chi connectivity index (χ4v) is 2.37. The molecule has 0 bridgehead atoms. The van der Waals surface area contributed by atoms with Crippen molar-refractivity contribution >= 4 is 0 Å². The van der Waals surface area contributed by atoms with Gasteiger partial charge in [-0.25, -0.2) is 9.67 Å². The molecule has 0 aliphatic carbocycles. The topological polar surface area (TPSA) is 42.7 Å². The van der Waals surface area contributed by atoms with Crippen molar-refractivity contribution in [2.75, 3.05) is 13.1 Å². The summed E-state index contributed by atoms with van der Waals surface area (Å²) in [5, 5.41) is 7.76. The van der Waals surface area contributed by atoms with Gasteiger partial charge in [-0.3, -0.25) is 0 Å². The van der Waals surface area contributed by atoms with Crippen LogP contribution in [0.1, 0.15) is 24.6 Å². The lowest BCUT2D eigenvalue weighted by atomic mass is 9.99. The second-order valence-electron chi connectivity index (χ2n) is 4.41. The van der Waals surface area contributed by atoms with Crippen LogP contribution in [0.3, 0.4) is 0 Å². The minimum absolute atomic E-state index is 0.478. The molecule has 0 amide bonds. The van der Waals surface area contributed by atoms with Gasteiger partial charge in [-0.1, -0.05) is 18.2 Å². The minimum Gasteiger partial charge on any atom is -0.316 e. The summed E-state index contributed by atoms with van der Waals surface area (Å²) in [5.74, 6) is 1.55. The van der Waals surface area contributed by atoms with Gasteiger partial charge in [0.15, 0.2) is 0 Å². The van der Waals surface area contributed by atoms with Crippen LogP contribution in [0.15, 0.2) is 36.7 Å². The van der Waals surface area contributed by atoms with Gasteiger partial charge >= 0.3 is 0 Å². The van der Waals surface area contributed by atoms with Crippen LogP contribution in [-0.4, -0.2) is 27.9 Å². The van der Waals surface area contributed by atoms with E-state index in [1.54, 1.807) is 6.33 Å². The summed E-state index contributed by atoms with van der Waals surface area (Å²) in [6.07, 6.45) is 4.06. The molecule has 4 heteroatoms. The lowest BCUT2D eigenvalue weighted by molar-refractivity contribution is 0.440. The van der Waals surface area contributed by atoms with Gasteiger partial charge in [0.2, 0.25) is 0 Å². The third-order valence-corrected chi connectivity index (χ3v) is 3.24.